The standard InChI is InChI=1S/C7H16N4O4S/c1-10(2)16(13,14)11-3-4-15-6(5-11)7(8)9-12/h6,12H,3-5H2,1-2H3,(H2,8,9). The predicted octanol–water partition coefficient (Wildman–Crippen LogP) is -1.76. The predicted molar refractivity (Wildman–Crippen MR) is 57.3 cm³/mol. The molecule has 0 spiro atoms. The molecule has 1 saturated heterocycles. The summed E-state index contributed by atoms with van der Waals surface area (Å²) in [5.74, 6) is -0.126. The van der Waals surface area contributed by atoms with E-state index in [1.54, 1.807) is 0 Å². The van der Waals surface area contributed by atoms with E-state index in [1.165, 1.54) is 18.4 Å². The van der Waals surface area contributed by atoms with E-state index in [-0.39, 0.29) is 25.5 Å². The third kappa shape index (κ3) is 2.61. The molecule has 1 heterocycles. The lowest BCUT2D eigenvalue weighted by molar-refractivity contribution is 0.0339. The lowest BCUT2D eigenvalue weighted by atomic mass is 10.3. The molecule has 0 radical (unpaired) electrons. The summed E-state index contributed by atoms with van der Waals surface area (Å²) in [5.41, 5.74) is 5.37. The minimum Gasteiger partial charge on any atom is -0.409 e. The van der Waals surface area contributed by atoms with Crippen LogP contribution in [0.25, 0.3) is 0 Å². The van der Waals surface area contributed by atoms with Crippen molar-refractivity contribution in [1.82, 2.24) is 8.61 Å². The van der Waals surface area contributed by atoms with Crippen molar-refractivity contribution in [2.75, 3.05) is 33.8 Å². The second kappa shape index (κ2) is 4.95. The fourth-order valence-electron chi connectivity index (χ4n) is 1.31. The molecule has 8 nitrogen and oxygen atoms in total. The summed E-state index contributed by atoms with van der Waals surface area (Å²) in [6.45, 7) is 0.528. The molecular formula is C7H16N4O4S. The van der Waals surface area contributed by atoms with Crippen LogP contribution in [0, 0.1) is 0 Å². The van der Waals surface area contributed by atoms with Crippen molar-refractivity contribution in [2.24, 2.45) is 10.9 Å². The van der Waals surface area contributed by atoms with Gasteiger partial charge in [-0.25, -0.2) is 0 Å². The first-order valence-electron chi connectivity index (χ1n) is 4.66. The molecule has 1 unspecified atom stereocenters. The maximum Gasteiger partial charge on any atom is 0.281 e. The van der Waals surface area contributed by atoms with Gasteiger partial charge in [-0.1, -0.05) is 5.16 Å². The van der Waals surface area contributed by atoms with Gasteiger partial charge in [0.15, 0.2) is 5.84 Å². The van der Waals surface area contributed by atoms with E-state index in [0.29, 0.717) is 0 Å². The van der Waals surface area contributed by atoms with Crippen LogP contribution in [0.2, 0.25) is 0 Å². The van der Waals surface area contributed by atoms with Crippen molar-refractivity contribution in [3.05, 3.63) is 0 Å². The molecule has 3 N–H and O–H groups in total. The van der Waals surface area contributed by atoms with E-state index in [2.05, 4.69) is 5.16 Å². The maximum absolute atomic E-state index is 11.8. The van der Waals surface area contributed by atoms with Gasteiger partial charge in [-0.05, 0) is 0 Å². The number of nitrogens with zero attached hydrogens (tertiary/aromatic N) is 3. The lowest BCUT2D eigenvalue weighted by Gasteiger charge is -2.32. The number of nitrogens with two attached hydrogens (primary N) is 1. The van der Waals surface area contributed by atoms with Gasteiger partial charge in [0.05, 0.1) is 6.61 Å². The van der Waals surface area contributed by atoms with Crippen LogP contribution < -0.4 is 5.73 Å². The Labute approximate surface area is 94.4 Å². The summed E-state index contributed by atoms with van der Waals surface area (Å²) in [4.78, 5) is 0. The number of oxime groups is 1. The van der Waals surface area contributed by atoms with Gasteiger partial charge in [0.25, 0.3) is 10.2 Å². The molecule has 94 valence electrons. The highest BCUT2D eigenvalue weighted by Crippen LogP contribution is 2.11. The molecule has 0 aliphatic carbocycles. The van der Waals surface area contributed by atoms with Gasteiger partial charge in [0, 0.05) is 27.2 Å². The van der Waals surface area contributed by atoms with E-state index in [1.807, 2.05) is 0 Å². The molecule has 0 saturated carbocycles. The summed E-state index contributed by atoms with van der Waals surface area (Å²) in [5, 5.41) is 11.3. The number of ether oxygens (including phenoxy) is 1. The highest BCUT2D eigenvalue weighted by Gasteiger charge is 2.32. The molecule has 1 aliphatic heterocycles. The highest BCUT2D eigenvalue weighted by atomic mass is 32.2. The summed E-state index contributed by atoms with van der Waals surface area (Å²) >= 11 is 0. The Morgan fingerprint density at radius 1 is 1.62 bits per heavy atom. The summed E-state index contributed by atoms with van der Waals surface area (Å²) in [6, 6.07) is 0. The zero-order chi connectivity index (χ0) is 12.3. The first kappa shape index (κ1) is 13.2. The van der Waals surface area contributed by atoms with Crippen LogP contribution in [0.4, 0.5) is 0 Å². The van der Waals surface area contributed by atoms with Gasteiger partial charge in [-0.3, -0.25) is 0 Å². The molecule has 1 rings (SSSR count). The third-order valence-corrected chi connectivity index (χ3v) is 4.17. The maximum atomic E-state index is 11.8. The van der Waals surface area contributed by atoms with Crippen molar-refractivity contribution in [3.63, 3.8) is 0 Å². The highest BCUT2D eigenvalue weighted by molar-refractivity contribution is 7.86. The van der Waals surface area contributed by atoms with Crippen molar-refractivity contribution >= 4 is 16.0 Å². The zero-order valence-electron chi connectivity index (χ0n) is 9.20. The second-order valence-corrected chi connectivity index (χ2v) is 5.67. The van der Waals surface area contributed by atoms with E-state index < -0.39 is 16.3 Å². The molecular weight excluding hydrogens is 236 g/mol. The number of hydrogen-bond acceptors (Lipinski definition) is 5. The Hall–Kier alpha value is -0.900. The minimum atomic E-state index is -3.48. The van der Waals surface area contributed by atoms with Gasteiger partial charge >= 0.3 is 0 Å². The van der Waals surface area contributed by atoms with Gasteiger partial charge < -0.3 is 15.7 Å². The molecule has 1 atom stereocenters. The third-order valence-electron chi connectivity index (χ3n) is 2.26. The number of amidine groups is 1. The Morgan fingerprint density at radius 3 is 2.75 bits per heavy atom. The Balaban J connectivity index is 2.79. The summed E-state index contributed by atoms with van der Waals surface area (Å²) in [7, 11) is -0.585. The van der Waals surface area contributed by atoms with Crippen molar-refractivity contribution < 1.29 is 18.4 Å². The molecule has 0 aromatic carbocycles. The van der Waals surface area contributed by atoms with Crippen molar-refractivity contribution in [1.29, 1.82) is 0 Å². The second-order valence-electron chi connectivity index (χ2n) is 3.53. The molecule has 0 bridgehead atoms. The minimum absolute atomic E-state index is 0.0520. The fraction of sp³-hybridized carbons (Fsp3) is 0.857. The Morgan fingerprint density at radius 2 is 2.25 bits per heavy atom. The molecule has 1 aliphatic rings. The van der Waals surface area contributed by atoms with Gasteiger partial charge in [0.2, 0.25) is 0 Å². The molecule has 0 aromatic rings. The molecule has 0 aromatic heterocycles. The van der Waals surface area contributed by atoms with E-state index in [4.69, 9.17) is 15.7 Å². The van der Waals surface area contributed by atoms with Crippen LogP contribution in [0.1, 0.15) is 0 Å². The SMILES string of the molecule is CN(C)S(=O)(=O)N1CCOC(C(N)=NO)C1. The van der Waals surface area contributed by atoms with Crippen LogP contribution in [-0.2, 0) is 14.9 Å². The topological polar surface area (TPSA) is 108 Å². The van der Waals surface area contributed by atoms with Crippen molar-refractivity contribution in [3.8, 4) is 0 Å². The van der Waals surface area contributed by atoms with Gasteiger partial charge in [-0.15, -0.1) is 0 Å². The quantitative estimate of drug-likeness (QED) is 0.268. The molecule has 16 heavy (non-hydrogen) atoms. The van der Waals surface area contributed by atoms with Crippen LogP contribution in [-0.4, -0.2) is 68.0 Å². The smallest absolute Gasteiger partial charge is 0.281 e. The molecule has 1 fully saturated rings. The summed E-state index contributed by atoms with van der Waals surface area (Å²) in [6.07, 6.45) is -0.700. The van der Waals surface area contributed by atoms with Crippen LogP contribution in [0.3, 0.4) is 0 Å². The van der Waals surface area contributed by atoms with E-state index in [0.717, 1.165) is 4.31 Å². The lowest BCUT2D eigenvalue weighted by Crippen LogP contribution is -2.53. The average Bonchev–Trinajstić information content (AvgIpc) is 2.28. The largest absolute Gasteiger partial charge is 0.409 e. The van der Waals surface area contributed by atoms with Crippen LogP contribution in [0.5, 0.6) is 0 Å². The monoisotopic (exact) mass is 252 g/mol. The number of rotatable bonds is 3. The van der Waals surface area contributed by atoms with Gasteiger partial charge in [-0.2, -0.15) is 17.0 Å². The first-order valence-corrected chi connectivity index (χ1v) is 6.06. The average molecular weight is 252 g/mol. The van der Waals surface area contributed by atoms with Gasteiger partial charge in [0.1, 0.15) is 6.10 Å². The zero-order valence-corrected chi connectivity index (χ0v) is 10.0. The van der Waals surface area contributed by atoms with E-state index >= 15 is 0 Å². The summed E-state index contributed by atoms with van der Waals surface area (Å²) < 4.78 is 31.1. The number of morpholine rings is 1. The Bertz CT molecular complexity index is 367. The van der Waals surface area contributed by atoms with Crippen LogP contribution >= 0.6 is 0 Å². The van der Waals surface area contributed by atoms with E-state index in [9.17, 15) is 8.42 Å². The first-order chi connectivity index (χ1) is 7.39. The fourth-order valence-corrected chi connectivity index (χ4v) is 2.40. The Kier molecular flexibility index (Phi) is 4.08. The molecule has 9 heteroatoms. The number of hydrogen-bond donors (Lipinski definition) is 2. The normalized spacial score (nSPS) is 24.9. The molecule has 0 amide bonds. The van der Waals surface area contributed by atoms with Crippen molar-refractivity contribution in [2.45, 2.75) is 6.10 Å². The van der Waals surface area contributed by atoms with Crippen LogP contribution in [0.15, 0.2) is 5.16 Å².